The molecule has 0 saturated heterocycles. The summed E-state index contributed by atoms with van der Waals surface area (Å²) >= 11 is 5.59. The molecule has 90 valence electrons. The van der Waals surface area contributed by atoms with E-state index in [4.69, 9.17) is 16.3 Å². The molecule has 1 aromatic heterocycles. The molecule has 1 N–H and O–H groups in total. The summed E-state index contributed by atoms with van der Waals surface area (Å²) in [5.41, 5.74) is 0. The van der Waals surface area contributed by atoms with Gasteiger partial charge in [-0.15, -0.1) is 11.6 Å². The summed E-state index contributed by atoms with van der Waals surface area (Å²) in [5.74, 6) is 2.13. The average Bonchev–Trinajstić information content (AvgIpc) is 2.33. The van der Waals surface area contributed by atoms with Crippen molar-refractivity contribution in [1.82, 2.24) is 9.97 Å². The van der Waals surface area contributed by atoms with E-state index in [1.807, 2.05) is 6.07 Å². The molecule has 0 bridgehead atoms. The third-order valence-electron chi connectivity index (χ3n) is 1.96. The molecule has 5 heteroatoms. The van der Waals surface area contributed by atoms with E-state index in [0.29, 0.717) is 18.4 Å². The minimum atomic E-state index is 0.622. The molecule has 0 atom stereocenters. The van der Waals surface area contributed by atoms with E-state index >= 15 is 0 Å². The summed E-state index contributed by atoms with van der Waals surface area (Å²) in [7, 11) is 0. The highest BCUT2D eigenvalue weighted by Crippen LogP contribution is 2.11. The Labute approximate surface area is 101 Å². The number of anilines is 1. The zero-order valence-electron chi connectivity index (χ0n) is 9.58. The van der Waals surface area contributed by atoms with Gasteiger partial charge in [-0.25, -0.2) is 9.97 Å². The minimum Gasteiger partial charge on any atom is -0.478 e. The molecule has 0 aromatic carbocycles. The smallest absolute Gasteiger partial charge is 0.218 e. The van der Waals surface area contributed by atoms with Gasteiger partial charge in [-0.1, -0.05) is 6.92 Å². The SMILES string of the molecule is CCCOc1cc(NCCCCCl)ncn1. The van der Waals surface area contributed by atoms with Crippen LogP contribution in [0.3, 0.4) is 0 Å². The highest BCUT2D eigenvalue weighted by atomic mass is 35.5. The van der Waals surface area contributed by atoms with Crippen LogP contribution in [0.5, 0.6) is 5.88 Å². The number of hydrogen-bond donors (Lipinski definition) is 1. The van der Waals surface area contributed by atoms with Crippen molar-refractivity contribution in [3.8, 4) is 5.88 Å². The Morgan fingerprint density at radius 3 is 3.00 bits per heavy atom. The van der Waals surface area contributed by atoms with Crippen molar-refractivity contribution in [2.45, 2.75) is 26.2 Å². The summed E-state index contributed by atoms with van der Waals surface area (Å²) < 4.78 is 5.41. The molecule has 0 amide bonds. The zero-order valence-corrected chi connectivity index (χ0v) is 10.3. The lowest BCUT2D eigenvalue weighted by Gasteiger charge is -2.06. The molecule has 0 fully saturated rings. The number of aromatic nitrogens is 2. The van der Waals surface area contributed by atoms with E-state index < -0.39 is 0 Å². The van der Waals surface area contributed by atoms with Gasteiger partial charge in [-0.05, 0) is 19.3 Å². The normalized spacial score (nSPS) is 10.1. The molecule has 0 aliphatic carbocycles. The van der Waals surface area contributed by atoms with Crippen LogP contribution in [0.25, 0.3) is 0 Å². The maximum absolute atomic E-state index is 5.59. The number of hydrogen-bond acceptors (Lipinski definition) is 4. The highest BCUT2D eigenvalue weighted by Gasteiger charge is 1.98. The lowest BCUT2D eigenvalue weighted by Crippen LogP contribution is -2.05. The van der Waals surface area contributed by atoms with Crippen LogP contribution >= 0.6 is 11.6 Å². The van der Waals surface area contributed by atoms with Crippen molar-refractivity contribution >= 4 is 17.4 Å². The quantitative estimate of drug-likeness (QED) is 0.563. The van der Waals surface area contributed by atoms with Crippen LogP contribution in [0.4, 0.5) is 5.82 Å². The third kappa shape index (κ3) is 5.16. The van der Waals surface area contributed by atoms with E-state index in [2.05, 4.69) is 22.2 Å². The van der Waals surface area contributed by atoms with E-state index in [1.165, 1.54) is 6.33 Å². The zero-order chi connectivity index (χ0) is 11.6. The molecular weight excluding hydrogens is 226 g/mol. The average molecular weight is 244 g/mol. The van der Waals surface area contributed by atoms with Gasteiger partial charge in [0.15, 0.2) is 0 Å². The standard InChI is InChI=1S/C11H18ClN3O/c1-2-7-16-11-8-10(14-9-15-11)13-6-4-3-5-12/h8-9H,2-7H2,1H3,(H,13,14,15). The lowest BCUT2D eigenvalue weighted by molar-refractivity contribution is 0.305. The van der Waals surface area contributed by atoms with Crippen LogP contribution in [0, 0.1) is 0 Å². The van der Waals surface area contributed by atoms with Gasteiger partial charge in [0, 0.05) is 18.5 Å². The number of nitrogens with one attached hydrogen (secondary N) is 1. The first-order valence-electron chi connectivity index (χ1n) is 5.61. The Bertz CT molecular complexity index is 296. The fourth-order valence-electron chi connectivity index (χ4n) is 1.16. The van der Waals surface area contributed by atoms with Crippen LogP contribution in [-0.4, -0.2) is 29.0 Å². The number of halogens is 1. The van der Waals surface area contributed by atoms with Gasteiger partial charge in [-0.2, -0.15) is 0 Å². The topological polar surface area (TPSA) is 47.0 Å². The molecule has 16 heavy (non-hydrogen) atoms. The maximum atomic E-state index is 5.59. The molecule has 1 aromatic rings. The number of rotatable bonds is 8. The van der Waals surface area contributed by atoms with E-state index in [0.717, 1.165) is 31.6 Å². The predicted molar refractivity (Wildman–Crippen MR) is 66.3 cm³/mol. The molecule has 1 heterocycles. The Kier molecular flexibility index (Phi) is 6.65. The number of alkyl halides is 1. The third-order valence-corrected chi connectivity index (χ3v) is 2.23. The van der Waals surface area contributed by atoms with Gasteiger partial charge in [0.1, 0.15) is 12.1 Å². The fraction of sp³-hybridized carbons (Fsp3) is 0.636. The predicted octanol–water partition coefficient (Wildman–Crippen LogP) is 2.70. The Hall–Kier alpha value is -1.03. The van der Waals surface area contributed by atoms with Crippen molar-refractivity contribution < 1.29 is 4.74 Å². The van der Waals surface area contributed by atoms with Crippen molar-refractivity contribution in [1.29, 1.82) is 0 Å². The van der Waals surface area contributed by atoms with Gasteiger partial charge >= 0.3 is 0 Å². The fourth-order valence-corrected chi connectivity index (χ4v) is 1.35. The lowest BCUT2D eigenvalue weighted by atomic mass is 10.3. The maximum Gasteiger partial charge on any atom is 0.218 e. The monoisotopic (exact) mass is 243 g/mol. The van der Waals surface area contributed by atoms with Crippen molar-refractivity contribution in [3.05, 3.63) is 12.4 Å². The Morgan fingerprint density at radius 2 is 2.25 bits per heavy atom. The second-order valence-corrected chi connectivity index (χ2v) is 3.79. The van der Waals surface area contributed by atoms with Gasteiger partial charge < -0.3 is 10.1 Å². The Balaban J connectivity index is 2.35. The molecule has 1 rings (SSSR count). The minimum absolute atomic E-state index is 0.622. The van der Waals surface area contributed by atoms with Crippen LogP contribution in [0.1, 0.15) is 26.2 Å². The first kappa shape index (κ1) is 13.0. The molecule has 0 saturated carbocycles. The molecule has 0 aliphatic heterocycles. The van der Waals surface area contributed by atoms with E-state index in [-0.39, 0.29) is 0 Å². The number of ether oxygens (including phenoxy) is 1. The summed E-state index contributed by atoms with van der Waals surface area (Å²) in [5, 5.41) is 3.21. The Morgan fingerprint density at radius 1 is 1.38 bits per heavy atom. The first-order valence-corrected chi connectivity index (χ1v) is 6.15. The van der Waals surface area contributed by atoms with Crippen LogP contribution in [0.2, 0.25) is 0 Å². The van der Waals surface area contributed by atoms with Crippen LogP contribution < -0.4 is 10.1 Å². The van der Waals surface area contributed by atoms with Gasteiger partial charge in [-0.3, -0.25) is 0 Å². The van der Waals surface area contributed by atoms with Crippen LogP contribution in [-0.2, 0) is 0 Å². The van der Waals surface area contributed by atoms with Crippen molar-refractivity contribution in [3.63, 3.8) is 0 Å². The largest absolute Gasteiger partial charge is 0.478 e. The van der Waals surface area contributed by atoms with Gasteiger partial charge in [0.05, 0.1) is 6.61 Å². The molecule has 0 radical (unpaired) electrons. The second kappa shape index (κ2) is 8.16. The van der Waals surface area contributed by atoms with E-state index in [1.54, 1.807) is 0 Å². The molecular formula is C11H18ClN3O. The number of nitrogens with zero attached hydrogens (tertiary/aromatic N) is 2. The van der Waals surface area contributed by atoms with Crippen molar-refractivity contribution in [2.75, 3.05) is 24.3 Å². The highest BCUT2D eigenvalue weighted by molar-refractivity contribution is 6.17. The van der Waals surface area contributed by atoms with Gasteiger partial charge in [0.25, 0.3) is 0 Å². The molecule has 0 unspecified atom stereocenters. The molecule has 0 spiro atoms. The number of unbranched alkanes of at least 4 members (excludes halogenated alkanes) is 1. The van der Waals surface area contributed by atoms with Gasteiger partial charge in [0.2, 0.25) is 5.88 Å². The summed E-state index contributed by atoms with van der Waals surface area (Å²) in [6, 6.07) is 1.82. The molecule has 4 nitrogen and oxygen atoms in total. The molecule has 0 aliphatic rings. The van der Waals surface area contributed by atoms with Crippen molar-refractivity contribution in [2.24, 2.45) is 0 Å². The van der Waals surface area contributed by atoms with Crippen LogP contribution in [0.15, 0.2) is 12.4 Å². The first-order chi connectivity index (χ1) is 7.86. The summed E-state index contributed by atoms with van der Waals surface area (Å²) in [4.78, 5) is 8.14. The van der Waals surface area contributed by atoms with E-state index in [9.17, 15) is 0 Å². The summed E-state index contributed by atoms with van der Waals surface area (Å²) in [6.07, 6.45) is 4.54. The summed E-state index contributed by atoms with van der Waals surface area (Å²) in [6.45, 7) is 3.62. The second-order valence-electron chi connectivity index (χ2n) is 3.41.